The van der Waals surface area contributed by atoms with Crippen LogP contribution in [-0.2, 0) is 14.3 Å². The second-order valence-electron chi connectivity index (χ2n) is 3.78. The smallest absolute Gasteiger partial charge is 0.332 e. The average Bonchev–Trinajstić information content (AvgIpc) is 2.82. The molecule has 80 valence electrons. The first kappa shape index (κ1) is 11.0. The second-order valence-corrected chi connectivity index (χ2v) is 3.78. The molecule has 1 aliphatic rings. The molecule has 0 radical (unpaired) electrons. The Balaban J connectivity index is 2.39. The summed E-state index contributed by atoms with van der Waals surface area (Å²) in [6.45, 7) is 3.82. The van der Waals surface area contributed by atoms with Crippen molar-refractivity contribution in [2.45, 2.75) is 38.3 Å². The summed E-state index contributed by atoms with van der Waals surface area (Å²) in [4.78, 5) is 22.5. The Morgan fingerprint density at radius 1 is 1.57 bits per heavy atom. The normalized spacial score (nSPS) is 19.6. The number of hydrogen-bond donors (Lipinski definition) is 2. The minimum Gasteiger partial charge on any atom is -0.464 e. The van der Waals surface area contributed by atoms with Crippen molar-refractivity contribution in [3.63, 3.8) is 0 Å². The Kier molecular flexibility index (Phi) is 3.10. The van der Waals surface area contributed by atoms with Gasteiger partial charge in [-0.3, -0.25) is 4.79 Å². The first-order valence-electron chi connectivity index (χ1n) is 4.73. The van der Waals surface area contributed by atoms with E-state index >= 15 is 0 Å². The molecule has 5 nitrogen and oxygen atoms in total. The van der Waals surface area contributed by atoms with Crippen molar-refractivity contribution in [1.29, 1.82) is 0 Å². The molecule has 0 aromatic rings. The molecule has 1 saturated carbocycles. The van der Waals surface area contributed by atoms with E-state index in [0.29, 0.717) is 0 Å². The third-order valence-corrected chi connectivity index (χ3v) is 2.25. The minimum absolute atomic E-state index is 0.152. The summed E-state index contributed by atoms with van der Waals surface area (Å²) in [6.07, 6.45) is 1.88. The van der Waals surface area contributed by atoms with Crippen LogP contribution in [-0.4, -0.2) is 30.1 Å². The monoisotopic (exact) mass is 200 g/mol. The van der Waals surface area contributed by atoms with Gasteiger partial charge in [0.2, 0.25) is 5.91 Å². The van der Waals surface area contributed by atoms with Crippen LogP contribution in [0.1, 0.15) is 26.7 Å². The Morgan fingerprint density at radius 2 is 2.14 bits per heavy atom. The summed E-state index contributed by atoms with van der Waals surface area (Å²) in [7, 11) is 0. The molecular weight excluding hydrogens is 184 g/mol. The van der Waals surface area contributed by atoms with E-state index in [9.17, 15) is 9.59 Å². The molecule has 0 aromatic heterocycles. The average molecular weight is 200 g/mol. The molecule has 1 amide bonds. The maximum absolute atomic E-state index is 11.4. The maximum Gasteiger partial charge on any atom is 0.332 e. The van der Waals surface area contributed by atoms with Gasteiger partial charge in [0, 0.05) is 5.54 Å². The van der Waals surface area contributed by atoms with Gasteiger partial charge in [-0.15, -0.1) is 0 Å². The third kappa shape index (κ3) is 2.70. The molecule has 0 aliphatic heterocycles. The molecule has 14 heavy (non-hydrogen) atoms. The minimum atomic E-state index is -1.20. The molecule has 0 spiro atoms. The van der Waals surface area contributed by atoms with Crippen molar-refractivity contribution in [3.05, 3.63) is 0 Å². The Hall–Kier alpha value is -1.10. The van der Waals surface area contributed by atoms with Crippen LogP contribution < -0.4 is 11.1 Å². The molecule has 5 heteroatoms. The van der Waals surface area contributed by atoms with Crippen LogP contribution in [0.3, 0.4) is 0 Å². The predicted molar refractivity (Wildman–Crippen MR) is 50.4 cm³/mol. The largest absolute Gasteiger partial charge is 0.464 e. The zero-order valence-corrected chi connectivity index (χ0v) is 8.50. The molecule has 1 aliphatic carbocycles. The molecule has 0 bridgehead atoms. The molecule has 3 N–H and O–H groups in total. The van der Waals surface area contributed by atoms with E-state index in [1.54, 1.807) is 6.92 Å². The van der Waals surface area contributed by atoms with Gasteiger partial charge in [-0.1, -0.05) is 0 Å². The number of nitrogens with two attached hydrogens (primary N) is 1. The lowest BCUT2D eigenvalue weighted by Gasteiger charge is -2.15. The number of amides is 1. The van der Waals surface area contributed by atoms with E-state index in [1.165, 1.54) is 0 Å². The fraction of sp³-hybridized carbons (Fsp3) is 0.778. The SMILES string of the molecule is CCOC(=O)C(N)C(=O)NC1(C)CC1. The lowest BCUT2D eigenvalue weighted by Crippen LogP contribution is -2.50. The quantitative estimate of drug-likeness (QED) is 0.475. The van der Waals surface area contributed by atoms with Gasteiger partial charge in [-0.2, -0.15) is 0 Å². The van der Waals surface area contributed by atoms with Gasteiger partial charge < -0.3 is 15.8 Å². The zero-order chi connectivity index (χ0) is 10.8. The van der Waals surface area contributed by atoms with Crippen molar-refractivity contribution in [1.82, 2.24) is 5.32 Å². The van der Waals surface area contributed by atoms with Crippen LogP contribution in [0.15, 0.2) is 0 Å². The van der Waals surface area contributed by atoms with Crippen LogP contribution in [0.25, 0.3) is 0 Å². The highest BCUT2D eigenvalue weighted by Gasteiger charge is 2.40. The first-order valence-corrected chi connectivity index (χ1v) is 4.73. The van der Waals surface area contributed by atoms with Gasteiger partial charge in [0.25, 0.3) is 0 Å². The Bertz CT molecular complexity index is 248. The van der Waals surface area contributed by atoms with Gasteiger partial charge in [0.1, 0.15) is 0 Å². The summed E-state index contributed by atoms with van der Waals surface area (Å²) in [5.74, 6) is -1.13. The third-order valence-electron chi connectivity index (χ3n) is 2.25. The number of carbonyl (C=O) groups is 2. The fourth-order valence-corrected chi connectivity index (χ4v) is 1.03. The van der Waals surface area contributed by atoms with E-state index in [0.717, 1.165) is 12.8 Å². The number of carbonyl (C=O) groups excluding carboxylic acids is 2. The van der Waals surface area contributed by atoms with E-state index in [-0.39, 0.29) is 12.1 Å². The van der Waals surface area contributed by atoms with E-state index in [1.807, 2.05) is 6.92 Å². The maximum atomic E-state index is 11.4. The van der Waals surface area contributed by atoms with Gasteiger partial charge in [0.05, 0.1) is 6.61 Å². The lowest BCUT2D eigenvalue weighted by molar-refractivity contribution is -0.148. The number of nitrogens with one attached hydrogen (secondary N) is 1. The number of ether oxygens (including phenoxy) is 1. The van der Waals surface area contributed by atoms with Crippen LogP contribution in [0, 0.1) is 0 Å². The summed E-state index contributed by atoms with van der Waals surface area (Å²) < 4.78 is 4.63. The molecule has 1 atom stereocenters. The summed E-state index contributed by atoms with van der Waals surface area (Å²) in [5.41, 5.74) is 5.24. The standard InChI is InChI=1S/C9H16N2O3/c1-3-14-8(13)6(10)7(12)11-9(2)4-5-9/h6H,3-5,10H2,1-2H3,(H,11,12). The van der Waals surface area contributed by atoms with Gasteiger partial charge in [-0.25, -0.2) is 4.79 Å². The zero-order valence-electron chi connectivity index (χ0n) is 8.50. The van der Waals surface area contributed by atoms with Gasteiger partial charge in [0.15, 0.2) is 6.04 Å². The number of rotatable bonds is 4. The summed E-state index contributed by atoms with van der Waals surface area (Å²) in [6, 6.07) is -1.20. The van der Waals surface area contributed by atoms with Crippen LogP contribution in [0.2, 0.25) is 0 Å². The highest BCUT2D eigenvalue weighted by Crippen LogP contribution is 2.34. The predicted octanol–water partition coefficient (Wildman–Crippen LogP) is -0.454. The molecule has 0 heterocycles. The summed E-state index contributed by atoms with van der Waals surface area (Å²) in [5, 5.41) is 2.70. The number of esters is 1. The Morgan fingerprint density at radius 3 is 2.57 bits per heavy atom. The van der Waals surface area contributed by atoms with E-state index in [2.05, 4.69) is 10.1 Å². The van der Waals surface area contributed by atoms with Crippen LogP contribution in [0.4, 0.5) is 0 Å². The molecule has 1 fully saturated rings. The molecule has 0 saturated heterocycles. The number of hydrogen-bond acceptors (Lipinski definition) is 4. The molecule has 0 aromatic carbocycles. The first-order chi connectivity index (χ1) is 6.48. The fourth-order valence-electron chi connectivity index (χ4n) is 1.03. The lowest BCUT2D eigenvalue weighted by atomic mass is 10.2. The molecule has 1 rings (SSSR count). The molecule has 1 unspecified atom stereocenters. The van der Waals surface area contributed by atoms with Crippen molar-refractivity contribution in [2.75, 3.05) is 6.61 Å². The van der Waals surface area contributed by atoms with E-state index in [4.69, 9.17) is 5.73 Å². The second kappa shape index (κ2) is 3.96. The summed E-state index contributed by atoms with van der Waals surface area (Å²) >= 11 is 0. The van der Waals surface area contributed by atoms with Crippen molar-refractivity contribution in [3.8, 4) is 0 Å². The Labute approximate surface area is 83.0 Å². The van der Waals surface area contributed by atoms with Crippen molar-refractivity contribution < 1.29 is 14.3 Å². The highest BCUT2D eigenvalue weighted by molar-refractivity contribution is 6.02. The van der Waals surface area contributed by atoms with Crippen LogP contribution in [0.5, 0.6) is 0 Å². The molecular formula is C9H16N2O3. The topological polar surface area (TPSA) is 81.4 Å². The van der Waals surface area contributed by atoms with Crippen molar-refractivity contribution >= 4 is 11.9 Å². The van der Waals surface area contributed by atoms with Crippen molar-refractivity contribution in [2.24, 2.45) is 5.73 Å². The highest BCUT2D eigenvalue weighted by atomic mass is 16.5. The van der Waals surface area contributed by atoms with E-state index < -0.39 is 17.9 Å². The van der Waals surface area contributed by atoms with Gasteiger partial charge >= 0.3 is 5.97 Å². The van der Waals surface area contributed by atoms with Gasteiger partial charge in [-0.05, 0) is 26.7 Å². The van der Waals surface area contributed by atoms with Crippen LogP contribution >= 0.6 is 0 Å².